The highest BCUT2D eigenvalue weighted by Gasteiger charge is 2.13. The maximum atomic E-state index is 13.5. The van der Waals surface area contributed by atoms with E-state index in [0.717, 1.165) is 0 Å². The van der Waals surface area contributed by atoms with Gasteiger partial charge in [-0.05, 0) is 23.4 Å². The molecular weight excluding hydrogens is 211 g/mol. The zero-order chi connectivity index (χ0) is 11.7. The topological polar surface area (TPSA) is 68.2 Å². The fourth-order valence-corrected chi connectivity index (χ4v) is 1.21. The first-order chi connectivity index (χ1) is 7.58. The molecule has 6 heteroatoms. The number of benzene rings is 1. The molecule has 0 aliphatic heterocycles. The SMILES string of the molecule is CN(C)c1noc(-c2ccc(N)cc2F)n1. The molecule has 2 aromatic rings. The summed E-state index contributed by atoms with van der Waals surface area (Å²) in [6.45, 7) is 0. The molecule has 2 rings (SSSR count). The highest BCUT2D eigenvalue weighted by molar-refractivity contribution is 5.59. The molecule has 2 N–H and O–H groups in total. The van der Waals surface area contributed by atoms with Gasteiger partial charge in [-0.3, -0.25) is 0 Å². The number of nitrogen functional groups attached to an aromatic ring is 1. The summed E-state index contributed by atoms with van der Waals surface area (Å²) in [6, 6.07) is 4.31. The van der Waals surface area contributed by atoms with Gasteiger partial charge in [-0.1, -0.05) is 0 Å². The van der Waals surface area contributed by atoms with Crippen molar-refractivity contribution < 1.29 is 8.91 Å². The van der Waals surface area contributed by atoms with Gasteiger partial charge in [0, 0.05) is 19.8 Å². The number of nitrogens with zero attached hydrogens (tertiary/aromatic N) is 3. The summed E-state index contributed by atoms with van der Waals surface area (Å²) in [5.41, 5.74) is 6.04. The highest BCUT2D eigenvalue weighted by atomic mass is 19.1. The van der Waals surface area contributed by atoms with E-state index in [-0.39, 0.29) is 11.5 Å². The number of rotatable bonds is 2. The van der Waals surface area contributed by atoms with Gasteiger partial charge < -0.3 is 15.2 Å². The first-order valence-electron chi connectivity index (χ1n) is 4.64. The van der Waals surface area contributed by atoms with Crippen LogP contribution >= 0.6 is 0 Å². The van der Waals surface area contributed by atoms with E-state index in [9.17, 15) is 4.39 Å². The predicted molar refractivity (Wildman–Crippen MR) is 58.4 cm³/mol. The second-order valence-electron chi connectivity index (χ2n) is 3.53. The zero-order valence-electron chi connectivity index (χ0n) is 8.94. The van der Waals surface area contributed by atoms with E-state index >= 15 is 0 Å². The number of hydrogen-bond donors (Lipinski definition) is 1. The van der Waals surface area contributed by atoms with Gasteiger partial charge in [-0.2, -0.15) is 4.98 Å². The summed E-state index contributed by atoms with van der Waals surface area (Å²) in [4.78, 5) is 5.71. The summed E-state index contributed by atoms with van der Waals surface area (Å²) in [5.74, 6) is 0.0568. The lowest BCUT2D eigenvalue weighted by Crippen LogP contribution is -2.10. The molecule has 0 radical (unpaired) electrons. The Morgan fingerprint density at radius 2 is 2.12 bits per heavy atom. The molecule has 84 valence electrons. The van der Waals surface area contributed by atoms with Gasteiger partial charge in [0.15, 0.2) is 0 Å². The Labute approximate surface area is 91.7 Å². The fraction of sp³-hybridized carbons (Fsp3) is 0.200. The van der Waals surface area contributed by atoms with Crippen LogP contribution in [0.15, 0.2) is 22.7 Å². The second kappa shape index (κ2) is 3.80. The van der Waals surface area contributed by atoms with Crippen molar-refractivity contribution in [3.63, 3.8) is 0 Å². The average Bonchev–Trinajstić information content (AvgIpc) is 2.66. The number of hydrogen-bond acceptors (Lipinski definition) is 5. The van der Waals surface area contributed by atoms with Crippen LogP contribution < -0.4 is 10.6 Å². The molecule has 1 aromatic carbocycles. The molecule has 0 aliphatic rings. The van der Waals surface area contributed by atoms with Crippen molar-refractivity contribution in [3.8, 4) is 11.5 Å². The molecule has 16 heavy (non-hydrogen) atoms. The summed E-state index contributed by atoms with van der Waals surface area (Å²) < 4.78 is 18.5. The monoisotopic (exact) mass is 222 g/mol. The van der Waals surface area contributed by atoms with Gasteiger partial charge in [-0.25, -0.2) is 4.39 Å². The van der Waals surface area contributed by atoms with Gasteiger partial charge in [0.05, 0.1) is 5.56 Å². The molecule has 5 nitrogen and oxygen atoms in total. The number of aromatic nitrogens is 2. The van der Waals surface area contributed by atoms with Crippen molar-refractivity contribution in [3.05, 3.63) is 24.0 Å². The standard InChI is InChI=1S/C10H11FN4O/c1-15(2)10-13-9(16-14-10)7-4-3-6(12)5-8(7)11/h3-5H,12H2,1-2H3. The average molecular weight is 222 g/mol. The van der Waals surface area contributed by atoms with Crippen LogP contribution in [-0.2, 0) is 0 Å². The summed E-state index contributed by atoms with van der Waals surface area (Å²) in [7, 11) is 3.54. The number of halogens is 1. The smallest absolute Gasteiger partial charge is 0.265 e. The third-order valence-electron chi connectivity index (χ3n) is 2.04. The molecule has 0 saturated heterocycles. The molecule has 0 saturated carbocycles. The van der Waals surface area contributed by atoms with E-state index in [1.165, 1.54) is 12.1 Å². The quantitative estimate of drug-likeness (QED) is 0.780. The van der Waals surface area contributed by atoms with E-state index in [1.54, 1.807) is 25.1 Å². The first kappa shape index (κ1) is 10.4. The molecule has 1 aromatic heterocycles. The van der Waals surface area contributed by atoms with Crippen LogP contribution in [-0.4, -0.2) is 24.2 Å². The minimum absolute atomic E-state index is 0.140. The Hall–Kier alpha value is -2.11. The summed E-state index contributed by atoms with van der Waals surface area (Å²) in [5, 5.41) is 3.70. The Kier molecular flexibility index (Phi) is 2.47. The maximum absolute atomic E-state index is 13.5. The molecule has 0 atom stereocenters. The van der Waals surface area contributed by atoms with E-state index in [2.05, 4.69) is 10.1 Å². The van der Waals surface area contributed by atoms with Crippen molar-refractivity contribution in [2.75, 3.05) is 24.7 Å². The first-order valence-corrected chi connectivity index (χ1v) is 4.64. The lowest BCUT2D eigenvalue weighted by molar-refractivity contribution is 0.428. The molecule has 0 amide bonds. The minimum Gasteiger partial charge on any atom is -0.399 e. The van der Waals surface area contributed by atoms with E-state index in [1.807, 2.05) is 0 Å². The van der Waals surface area contributed by atoms with Gasteiger partial charge in [-0.15, -0.1) is 0 Å². The van der Waals surface area contributed by atoms with Gasteiger partial charge >= 0.3 is 0 Å². The van der Waals surface area contributed by atoms with Crippen molar-refractivity contribution in [1.82, 2.24) is 10.1 Å². The molecule has 1 heterocycles. The molecule has 0 spiro atoms. The number of anilines is 2. The molecule has 0 fully saturated rings. The van der Waals surface area contributed by atoms with Gasteiger partial charge in [0.25, 0.3) is 11.8 Å². The van der Waals surface area contributed by atoms with E-state index in [0.29, 0.717) is 11.6 Å². The van der Waals surface area contributed by atoms with Crippen molar-refractivity contribution in [2.45, 2.75) is 0 Å². The normalized spacial score (nSPS) is 10.4. The minimum atomic E-state index is -0.478. The third-order valence-corrected chi connectivity index (χ3v) is 2.04. The van der Waals surface area contributed by atoms with Crippen LogP contribution in [0.4, 0.5) is 16.0 Å². The van der Waals surface area contributed by atoms with E-state index in [4.69, 9.17) is 10.3 Å². The fourth-order valence-electron chi connectivity index (χ4n) is 1.21. The highest BCUT2D eigenvalue weighted by Crippen LogP contribution is 2.24. The molecule has 0 bridgehead atoms. The molecule has 0 aliphatic carbocycles. The number of nitrogens with two attached hydrogens (primary N) is 1. The zero-order valence-corrected chi connectivity index (χ0v) is 8.94. The van der Waals surface area contributed by atoms with Crippen molar-refractivity contribution in [2.24, 2.45) is 0 Å². The Balaban J connectivity index is 2.42. The molecular formula is C10H11FN4O. The Bertz CT molecular complexity index is 509. The van der Waals surface area contributed by atoms with Crippen LogP contribution in [0, 0.1) is 5.82 Å². The van der Waals surface area contributed by atoms with Crippen LogP contribution in [0.25, 0.3) is 11.5 Å². The Morgan fingerprint density at radius 3 is 2.69 bits per heavy atom. The molecule has 0 unspecified atom stereocenters. The summed E-state index contributed by atoms with van der Waals surface area (Å²) >= 11 is 0. The second-order valence-corrected chi connectivity index (χ2v) is 3.53. The van der Waals surface area contributed by atoms with E-state index < -0.39 is 5.82 Å². The Morgan fingerprint density at radius 1 is 1.38 bits per heavy atom. The maximum Gasteiger partial charge on any atom is 0.265 e. The van der Waals surface area contributed by atoms with Crippen LogP contribution in [0.2, 0.25) is 0 Å². The predicted octanol–water partition coefficient (Wildman–Crippen LogP) is 1.52. The van der Waals surface area contributed by atoms with Crippen LogP contribution in [0.3, 0.4) is 0 Å². The summed E-state index contributed by atoms with van der Waals surface area (Å²) in [6.07, 6.45) is 0. The third kappa shape index (κ3) is 1.81. The van der Waals surface area contributed by atoms with Gasteiger partial charge in [0.2, 0.25) is 0 Å². The lowest BCUT2D eigenvalue weighted by Gasteiger charge is -2.02. The van der Waals surface area contributed by atoms with Crippen LogP contribution in [0.5, 0.6) is 0 Å². The van der Waals surface area contributed by atoms with Crippen LogP contribution in [0.1, 0.15) is 0 Å². The largest absolute Gasteiger partial charge is 0.399 e. The van der Waals surface area contributed by atoms with Crippen molar-refractivity contribution >= 4 is 11.6 Å². The van der Waals surface area contributed by atoms with Crippen molar-refractivity contribution in [1.29, 1.82) is 0 Å². The van der Waals surface area contributed by atoms with Gasteiger partial charge in [0.1, 0.15) is 5.82 Å². The lowest BCUT2D eigenvalue weighted by atomic mass is 10.2.